The molecule has 4 nitrogen and oxygen atoms in total. The van der Waals surface area contributed by atoms with Gasteiger partial charge in [0.15, 0.2) is 11.6 Å². The third-order valence-corrected chi connectivity index (χ3v) is 3.87. The molecule has 0 aliphatic carbocycles. The molecular formula is C16H21NO3. The van der Waals surface area contributed by atoms with Gasteiger partial charge in [-0.2, -0.15) is 0 Å². The number of carbonyl (C=O) groups excluding carboxylic acids is 2. The number of hydrogen-bond acceptors (Lipinski definition) is 4. The quantitative estimate of drug-likeness (QED) is 0.827. The van der Waals surface area contributed by atoms with E-state index in [-0.39, 0.29) is 17.6 Å². The number of piperidine rings is 1. The molecule has 2 rings (SSSR count). The lowest BCUT2D eigenvalue weighted by Crippen LogP contribution is -2.38. The topological polar surface area (TPSA) is 66.4 Å². The van der Waals surface area contributed by atoms with E-state index < -0.39 is 6.10 Å². The number of carbonyl (C=O) groups is 2. The molecule has 1 fully saturated rings. The lowest BCUT2D eigenvalue weighted by molar-refractivity contribution is 0.0978. The monoisotopic (exact) mass is 275 g/mol. The Kier molecular flexibility index (Phi) is 4.68. The summed E-state index contributed by atoms with van der Waals surface area (Å²) in [5, 5.41) is 13.7. The highest BCUT2D eigenvalue weighted by atomic mass is 16.3. The molecule has 2 atom stereocenters. The molecule has 2 unspecified atom stereocenters. The second-order valence-corrected chi connectivity index (χ2v) is 5.42. The van der Waals surface area contributed by atoms with E-state index in [1.165, 1.54) is 13.8 Å². The summed E-state index contributed by atoms with van der Waals surface area (Å²) in [7, 11) is 0. The maximum Gasteiger partial charge on any atom is 0.160 e. The van der Waals surface area contributed by atoms with E-state index in [0.717, 1.165) is 25.8 Å². The van der Waals surface area contributed by atoms with E-state index in [1.807, 2.05) is 0 Å². The number of aliphatic hydroxyl groups excluding tert-OH is 1. The Morgan fingerprint density at radius 1 is 1.20 bits per heavy atom. The van der Waals surface area contributed by atoms with Crippen LogP contribution in [0.2, 0.25) is 0 Å². The smallest absolute Gasteiger partial charge is 0.160 e. The van der Waals surface area contributed by atoms with Crippen LogP contribution in [0.1, 0.15) is 65.5 Å². The molecule has 0 aromatic heterocycles. The summed E-state index contributed by atoms with van der Waals surface area (Å²) in [6.45, 7) is 3.80. The summed E-state index contributed by atoms with van der Waals surface area (Å²) in [4.78, 5) is 23.2. The summed E-state index contributed by atoms with van der Waals surface area (Å²) in [6.07, 6.45) is 2.50. The maximum atomic E-state index is 11.7. The number of benzene rings is 1. The summed E-state index contributed by atoms with van der Waals surface area (Å²) in [5.41, 5.74) is 1.51. The summed E-state index contributed by atoms with van der Waals surface area (Å²) >= 11 is 0. The van der Waals surface area contributed by atoms with E-state index in [2.05, 4.69) is 5.32 Å². The lowest BCUT2D eigenvalue weighted by Gasteiger charge is -2.28. The van der Waals surface area contributed by atoms with Gasteiger partial charge in [-0.3, -0.25) is 9.59 Å². The number of aliphatic hydroxyl groups is 1. The fourth-order valence-electron chi connectivity index (χ4n) is 2.72. The van der Waals surface area contributed by atoms with Gasteiger partial charge in [-0.1, -0.05) is 18.6 Å². The van der Waals surface area contributed by atoms with Crippen molar-refractivity contribution >= 4 is 11.6 Å². The summed E-state index contributed by atoms with van der Waals surface area (Å²) in [5.74, 6) is -0.284. The van der Waals surface area contributed by atoms with Crippen LogP contribution in [-0.4, -0.2) is 29.3 Å². The second kappa shape index (κ2) is 6.29. The lowest BCUT2D eigenvalue weighted by atomic mass is 9.91. The van der Waals surface area contributed by atoms with Crippen molar-refractivity contribution in [1.29, 1.82) is 0 Å². The first kappa shape index (κ1) is 14.9. The molecule has 0 bridgehead atoms. The average molecular weight is 275 g/mol. The molecule has 0 saturated carbocycles. The van der Waals surface area contributed by atoms with Crippen molar-refractivity contribution in [3.05, 3.63) is 34.9 Å². The van der Waals surface area contributed by atoms with Gasteiger partial charge in [0.2, 0.25) is 0 Å². The molecule has 0 spiro atoms. The minimum atomic E-state index is -0.644. The largest absolute Gasteiger partial charge is 0.387 e. The molecule has 0 amide bonds. The molecule has 1 aliphatic rings. The third kappa shape index (κ3) is 3.14. The van der Waals surface area contributed by atoms with Crippen molar-refractivity contribution in [2.24, 2.45) is 0 Å². The van der Waals surface area contributed by atoms with Gasteiger partial charge in [0.1, 0.15) is 0 Å². The second-order valence-electron chi connectivity index (χ2n) is 5.42. The molecular weight excluding hydrogens is 254 g/mol. The zero-order valence-electron chi connectivity index (χ0n) is 12.0. The fourth-order valence-corrected chi connectivity index (χ4v) is 2.72. The number of Topliss-reactive ketones (excluding diaryl/α,β-unsaturated/α-hetero) is 2. The molecule has 0 radical (unpaired) electrons. The first-order chi connectivity index (χ1) is 9.50. The van der Waals surface area contributed by atoms with Gasteiger partial charge >= 0.3 is 0 Å². The van der Waals surface area contributed by atoms with E-state index in [0.29, 0.717) is 16.7 Å². The van der Waals surface area contributed by atoms with Crippen LogP contribution in [0, 0.1) is 0 Å². The highest BCUT2D eigenvalue weighted by Crippen LogP contribution is 2.25. The van der Waals surface area contributed by atoms with Crippen LogP contribution in [0.15, 0.2) is 18.2 Å². The normalized spacial score (nSPS) is 20.4. The predicted molar refractivity (Wildman–Crippen MR) is 77.1 cm³/mol. The molecule has 1 aromatic rings. The van der Waals surface area contributed by atoms with E-state index >= 15 is 0 Å². The van der Waals surface area contributed by atoms with Crippen molar-refractivity contribution in [3.63, 3.8) is 0 Å². The van der Waals surface area contributed by atoms with Crippen LogP contribution in [0.5, 0.6) is 0 Å². The number of ketones is 2. The zero-order valence-corrected chi connectivity index (χ0v) is 12.0. The van der Waals surface area contributed by atoms with Gasteiger partial charge in [-0.05, 0) is 44.9 Å². The van der Waals surface area contributed by atoms with Crippen LogP contribution in [0.25, 0.3) is 0 Å². The first-order valence-electron chi connectivity index (χ1n) is 7.08. The molecule has 2 N–H and O–H groups in total. The van der Waals surface area contributed by atoms with Crippen molar-refractivity contribution in [2.75, 3.05) is 6.54 Å². The van der Waals surface area contributed by atoms with Crippen LogP contribution in [-0.2, 0) is 0 Å². The van der Waals surface area contributed by atoms with Gasteiger partial charge in [0.25, 0.3) is 0 Å². The van der Waals surface area contributed by atoms with Crippen LogP contribution < -0.4 is 5.32 Å². The molecule has 1 saturated heterocycles. The molecule has 20 heavy (non-hydrogen) atoms. The summed E-state index contributed by atoms with van der Waals surface area (Å²) < 4.78 is 0. The molecule has 108 valence electrons. The van der Waals surface area contributed by atoms with E-state index in [4.69, 9.17) is 0 Å². The summed E-state index contributed by atoms with van der Waals surface area (Å²) in [6, 6.07) is 5.05. The Hall–Kier alpha value is -1.52. The minimum Gasteiger partial charge on any atom is -0.387 e. The van der Waals surface area contributed by atoms with E-state index in [1.54, 1.807) is 18.2 Å². The zero-order chi connectivity index (χ0) is 14.7. The van der Waals surface area contributed by atoms with Gasteiger partial charge in [0, 0.05) is 17.2 Å². The van der Waals surface area contributed by atoms with E-state index in [9.17, 15) is 14.7 Å². The number of hydrogen-bond donors (Lipinski definition) is 2. The van der Waals surface area contributed by atoms with Crippen LogP contribution in [0.3, 0.4) is 0 Å². The minimum absolute atomic E-state index is 0.0201. The van der Waals surface area contributed by atoms with Gasteiger partial charge < -0.3 is 10.4 Å². The van der Waals surface area contributed by atoms with Crippen molar-refractivity contribution in [2.45, 2.75) is 45.3 Å². The fraction of sp³-hybridized carbons (Fsp3) is 0.500. The Morgan fingerprint density at radius 2 is 1.90 bits per heavy atom. The molecule has 1 aliphatic heterocycles. The van der Waals surface area contributed by atoms with Crippen LogP contribution in [0.4, 0.5) is 0 Å². The SMILES string of the molecule is CC(=O)c1ccc(C(O)C2CCCCN2)cc1C(C)=O. The van der Waals surface area contributed by atoms with Crippen molar-refractivity contribution in [3.8, 4) is 0 Å². The van der Waals surface area contributed by atoms with Crippen molar-refractivity contribution in [1.82, 2.24) is 5.32 Å². The first-order valence-corrected chi connectivity index (χ1v) is 7.08. The standard InChI is InChI=1S/C16H21NO3/c1-10(18)13-7-6-12(9-14(13)11(2)19)16(20)15-5-3-4-8-17-15/h6-7,9,15-17,20H,3-5,8H2,1-2H3. The molecule has 1 aromatic carbocycles. The van der Waals surface area contributed by atoms with Gasteiger partial charge in [0.05, 0.1) is 6.10 Å². The van der Waals surface area contributed by atoms with Gasteiger partial charge in [-0.15, -0.1) is 0 Å². The average Bonchev–Trinajstić information content (AvgIpc) is 2.46. The Labute approximate surface area is 119 Å². The van der Waals surface area contributed by atoms with Crippen molar-refractivity contribution < 1.29 is 14.7 Å². The number of nitrogens with one attached hydrogen (secondary N) is 1. The van der Waals surface area contributed by atoms with Gasteiger partial charge in [-0.25, -0.2) is 0 Å². The Balaban J connectivity index is 2.30. The maximum absolute atomic E-state index is 11.7. The third-order valence-electron chi connectivity index (χ3n) is 3.87. The number of rotatable bonds is 4. The Morgan fingerprint density at radius 3 is 2.45 bits per heavy atom. The molecule has 4 heteroatoms. The Bertz CT molecular complexity index is 518. The van der Waals surface area contributed by atoms with Crippen LogP contribution >= 0.6 is 0 Å². The highest BCUT2D eigenvalue weighted by Gasteiger charge is 2.24. The predicted octanol–water partition coefficient (Wildman–Crippen LogP) is 2.27. The highest BCUT2D eigenvalue weighted by molar-refractivity contribution is 6.07. The molecule has 1 heterocycles.